The second-order valence-corrected chi connectivity index (χ2v) is 8.58. The summed E-state index contributed by atoms with van der Waals surface area (Å²) in [5, 5.41) is 11.8. The third-order valence-electron chi connectivity index (χ3n) is 5.87. The maximum Gasteiger partial charge on any atom is 0.234 e. The van der Waals surface area contributed by atoms with Crippen molar-refractivity contribution in [3.05, 3.63) is 65.5 Å². The van der Waals surface area contributed by atoms with Gasteiger partial charge in [-0.05, 0) is 48.4 Å². The summed E-state index contributed by atoms with van der Waals surface area (Å²) < 4.78 is 24.7. The summed E-state index contributed by atoms with van der Waals surface area (Å²) in [5.74, 6) is 0.414. The van der Waals surface area contributed by atoms with Crippen LogP contribution in [0.2, 0.25) is 0 Å². The molecule has 0 saturated carbocycles. The number of benzene rings is 2. The van der Waals surface area contributed by atoms with Gasteiger partial charge in [0.15, 0.2) is 0 Å². The molecule has 33 heavy (non-hydrogen) atoms. The Morgan fingerprint density at radius 1 is 1.06 bits per heavy atom. The van der Waals surface area contributed by atoms with Crippen LogP contribution in [0.25, 0.3) is 0 Å². The normalized spacial score (nSPS) is 20.7. The van der Waals surface area contributed by atoms with Gasteiger partial charge in [-0.25, -0.2) is 4.39 Å². The van der Waals surface area contributed by atoms with E-state index in [2.05, 4.69) is 21.2 Å². The van der Waals surface area contributed by atoms with Gasteiger partial charge < -0.3 is 14.8 Å². The van der Waals surface area contributed by atoms with Crippen LogP contribution in [0, 0.1) is 17.1 Å². The van der Waals surface area contributed by atoms with E-state index in [1.165, 1.54) is 12.1 Å². The van der Waals surface area contributed by atoms with Crippen molar-refractivity contribution < 1.29 is 18.7 Å². The SMILES string of the molecule is N#Cc1ccc(CNC(=O)CN2CC3CN(CCCOc4ccc(F)cc4)CC(C2)O3)cc1. The number of amides is 1. The van der Waals surface area contributed by atoms with Crippen LogP contribution in [-0.2, 0) is 16.1 Å². The quantitative estimate of drug-likeness (QED) is 0.588. The van der Waals surface area contributed by atoms with Crippen molar-refractivity contribution in [2.45, 2.75) is 25.2 Å². The van der Waals surface area contributed by atoms with Gasteiger partial charge in [0.05, 0.1) is 37.0 Å². The molecule has 2 aliphatic heterocycles. The lowest BCUT2D eigenvalue weighted by atomic mass is 10.1. The molecule has 2 aromatic carbocycles. The predicted octanol–water partition coefficient (Wildman–Crippen LogP) is 2.17. The van der Waals surface area contributed by atoms with E-state index in [0.717, 1.165) is 44.7 Å². The molecule has 0 spiro atoms. The minimum atomic E-state index is -0.264. The molecule has 2 fully saturated rings. The Morgan fingerprint density at radius 2 is 1.73 bits per heavy atom. The minimum absolute atomic E-state index is 0.00543. The van der Waals surface area contributed by atoms with Crippen LogP contribution in [0.4, 0.5) is 4.39 Å². The average Bonchev–Trinajstić information content (AvgIpc) is 2.81. The number of hydrogen-bond acceptors (Lipinski definition) is 6. The molecule has 174 valence electrons. The van der Waals surface area contributed by atoms with Crippen molar-refractivity contribution in [3.8, 4) is 11.8 Å². The van der Waals surface area contributed by atoms with Gasteiger partial charge in [-0.2, -0.15) is 5.26 Å². The second-order valence-electron chi connectivity index (χ2n) is 8.58. The van der Waals surface area contributed by atoms with Crippen LogP contribution in [0.1, 0.15) is 17.5 Å². The molecular weight excluding hydrogens is 423 g/mol. The van der Waals surface area contributed by atoms with Crippen molar-refractivity contribution in [2.75, 3.05) is 45.9 Å². The predicted molar refractivity (Wildman–Crippen MR) is 121 cm³/mol. The molecule has 0 radical (unpaired) electrons. The van der Waals surface area contributed by atoms with Gasteiger partial charge in [-0.1, -0.05) is 12.1 Å². The van der Waals surface area contributed by atoms with Gasteiger partial charge in [0.1, 0.15) is 11.6 Å². The smallest absolute Gasteiger partial charge is 0.234 e. The molecule has 0 aromatic heterocycles. The number of halogens is 1. The molecular formula is C25H29FN4O3. The largest absolute Gasteiger partial charge is 0.494 e. The molecule has 2 aromatic rings. The highest BCUT2D eigenvalue weighted by Crippen LogP contribution is 2.19. The highest BCUT2D eigenvalue weighted by molar-refractivity contribution is 5.78. The van der Waals surface area contributed by atoms with E-state index < -0.39 is 0 Å². The molecule has 2 saturated heterocycles. The van der Waals surface area contributed by atoms with Gasteiger partial charge in [-0.15, -0.1) is 0 Å². The van der Waals surface area contributed by atoms with Gasteiger partial charge in [0.25, 0.3) is 0 Å². The fraction of sp³-hybridized carbons (Fsp3) is 0.440. The number of nitrogens with one attached hydrogen (secondary N) is 1. The second kappa shape index (κ2) is 11.2. The van der Waals surface area contributed by atoms with Crippen LogP contribution in [0.5, 0.6) is 5.75 Å². The van der Waals surface area contributed by atoms with E-state index in [1.807, 2.05) is 12.1 Å². The number of hydrogen-bond donors (Lipinski definition) is 1. The number of carbonyl (C=O) groups excluding carboxylic acids is 1. The minimum Gasteiger partial charge on any atom is -0.494 e. The number of nitriles is 1. The highest BCUT2D eigenvalue weighted by Gasteiger charge is 2.35. The topological polar surface area (TPSA) is 77.8 Å². The fourth-order valence-corrected chi connectivity index (χ4v) is 4.34. The number of carbonyl (C=O) groups is 1. The standard InChI is InChI=1S/C25H29FN4O3/c26-21-6-8-22(9-7-21)32-11-1-10-29-14-23-16-30(17-24(15-29)33-23)18-25(31)28-13-20-4-2-19(12-27)3-5-20/h2-9,23-24H,1,10-11,13-18H2,(H,28,31). The molecule has 1 N–H and O–H groups in total. The Bertz CT molecular complexity index is 947. The van der Waals surface area contributed by atoms with Crippen molar-refractivity contribution in [1.82, 2.24) is 15.1 Å². The van der Waals surface area contributed by atoms with Gasteiger partial charge in [-0.3, -0.25) is 14.6 Å². The first-order valence-corrected chi connectivity index (χ1v) is 11.3. The maximum atomic E-state index is 13.0. The molecule has 4 rings (SSSR count). The number of rotatable bonds is 9. The van der Waals surface area contributed by atoms with Crippen molar-refractivity contribution in [3.63, 3.8) is 0 Å². The number of fused-ring (bicyclic) bond motifs is 2. The molecule has 8 heteroatoms. The Morgan fingerprint density at radius 3 is 2.39 bits per heavy atom. The number of nitrogens with zero attached hydrogens (tertiary/aromatic N) is 3. The summed E-state index contributed by atoms with van der Waals surface area (Å²) in [7, 11) is 0. The summed E-state index contributed by atoms with van der Waals surface area (Å²) in [6.45, 7) is 5.49. The average molecular weight is 453 g/mol. The fourth-order valence-electron chi connectivity index (χ4n) is 4.34. The van der Waals surface area contributed by atoms with E-state index in [9.17, 15) is 9.18 Å². The molecule has 2 atom stereocenters. The first kappa shape index (κ1) is 23.2. The molecule has 2 bridgehead atoms. The highest BCUT2D eigenvalue weighted by atomic mass is 19.1. The zero-order chi connectivity index (χ0) is 23.0. The van der Waals surface area contributed by atoms with Crippen LogP contribution >= 0.6 is 0 Å². The van der Waals surface area contributed by atoms with E-state index in [-0.39, 0.29) is 23.9 Å². The summed E-state index contributed by atoms with van der Waals surface area (Å²) in [4.78, 5) is 17.0. The van der Waals surface area contributed by atoms with Gasteiger partial charge >= 0.3 is 0 Å². The van der Waals surface area contributed by atoms with Crippen LogP contribution in [0.15, 0.2) is 48.5 Å². The molecule has 2 unspecified atom stereocenters. The summed E-state index contributed by atoms with van der Waals surface area (Å²) in [5.41, 5.74) is 1.58. The molecule has 7 nitrogen and oxygen atoms in total. The van der Waals surface area contributed by atoms with Crippen molar-refractivity contribution in [1.29, 1.82) is 5.26 Å². The van der Waals surface area contributed by atoms with Gasteiger partial charge in [0, 0.05) is 39.3 Å². The Balaban J connectivity index is 1.14. The summed E-state index contributed by atoms with van der Waals surface area (Å²) in [6.07, 6.45) is 1.09. The number of ether oxygens (including phenoxy) is 2. The van der Waals surface area contributed by atoms with Crippen LogP contribution in [0.3, 0.4) is 0 Å². The van der Waals surface area contributed by atoms with E-state index in [0.29, 0.717) is 31.0 Å². The maximum absolute atomic E-state index is 13.0. The Kier molecular flexibility index (Phi) is 7.89. The lowest BCUT2D eigenvalue weighted by Gasteiger charge is -2.45. The first-order chi connectivity index (χ1) is 16.1. The summed E-state index contributed by atoms with van der Waals surface area (Å²) >= 11 is 0. The number of morpholine rings is 2. The van der Waals surface area contributed by atoms with Gasteiger partial charge in [0.2, 0.25) is 5.91 Å². The zero-order valence-electron chi connectivity index (χ0n) is 18.6. The molecule has 1 amide bonds. The zero-order valence-corrected chi connectivity index (χ0v) is 18.6. The van der Waals surface area contributed by atoms with Crippen LogP contribution in [-0.4, -0.2) is 73.8 Å². The third-order valence-corrected chi connectivity index (χ3v) is 5.87. The lowest BCUT2D eigenvalue weighted by molar-refractivity contribution is -0.145. The van der Waals surface area contributed by atoms with Crippen molar-refractivity contribution >= 4 is 5.91 Å². The monoisotopic (exact) mass is 452 g/mol. The van der Waals surface area contributed by atoms with E-state index in [4.69, 9.17) is 14.7 Å². The first-order valence-electron chi connectivity index (χ1n) is 11.3. The molecule has 2 heterocycles. The van der Waals surface area contributed by atoms with E-state index in [1.54, 1.807) is 24.3 Å². The molecule has 2 aliphatic rings. The van der Waals surface area contributed by atoms with Crippen LogP contribution < -0.4 is 10.1 Å². The Hall–Kier alpha value is -2.99. The van der Waals surface area contributed by atoms with E-state index >= 15 is 0 Å². The lowest BCUT2D eigenvalue weighted by Crippen LogP contribution is -2.60. The Labute approximate surface area is 193 Å². The summed E-state index contributed by atoms with van der Waals surface area (Å²) in [6, 6.07) is 15.4. The molecule has 0 aliphatic carbocycles. The third kappa shape index (κ3) is 6.99. The van der Waals surface area contributed by atoms with Crippen molar-refractivity contribution in [2.24, 2.45) is 0 Å².